The highest BCUT2D eigenvalue weighted by molar-refractivity contribution is 5.85. The molecule has 3 fully saturated rings. The Kier molecular flexibility index (Phi) is 8.76. The molecule has 4 rings (SSSR count). The van der Waals surface area contributed by atoms with Crippen LogP contribution in [-0.4, -0.2) is 47.5 Å². The number of aromatic nitrogens is 1. The summed E-state index contributed by atoms with van der Waals surface area (Å²) in [6.45, 7) is 4.49. The van der Waals surface area contributed by atoms with Gasteiger partial charge in [0, 0.05) is 50.5 Å². The van der Waals surface area contributed by atoms with Crippen LogP contribution < -0.4 is 10.6 Å². The molecule has 1 aliphatic carbocycles. The number of carbonyl (C=O) groups is 1. The van der Waals surface area contributed by atoms with Gasteiger partial charge in [0.15, 0.2) is 0 Å². The lowest BCUT2D eigenvalue weighted by molar-refractivity contribution is -0.122. The fourth-order valence-corrected chi connectivity index (χ4v) is 5.52. The minimum Gasteiger partial charge on any atom is -0.353 e. The second-order valence-electron chi connectivity index (χ2n) is 9.23. The minimum absolute atomic E-state index is 0. The number of hydrogen-bond acceptors (Lipinski definition) is 4. The number of rotatable bonds is 7. The first-order valence-corrected chi connectivity index (χ1v) is 11.4. The first kappa shape index (κ1) is 22.5. The Labute approximate surface area is 181 Å². The van der Waals surface area contributed by atoms with Crippen LogP contribution in [0.25, 0.3) is 0 Å². The van der Waals surface area contributed by atoms with Crippen molar-refractivity contribution in [1.29, 1.82) is 0 Å². The highest BCUT2D eigenvalue weighted by atomic mass is 35.5. The average molecular weight is 421 g/mol. The van der Waals surface area contributed by atoms with Crippen molar-refractivity contribution in [3.8, 4) is 0 Å². The van der Waals surface area contributed by atoms with Gasteiger partial charge in [0.1, 0.15) is 0 Å². The largest absolute Gasteiger partial charge is 0.353 e. The maximum absolute atomic E-state index is 12.3. The van der Waals surface area contributed by atoms with E-state index in [0.29, 0.717) is 24.4 Å². The van der Waals surface area contributed by atoms with Crippen molar-refractivity contribution in [1.82, 2.24) is 20.5 Å². The molecule has 3 aliphatic rings. The van der Waals surface area contributed by atoms with Gasteiger partial charge in [-0.05, 0) is 62.1 Å². The molecule has 2 aliphatic heterocycles. The van der Waals surface area contributed by atoms with Gasteiger partial charge in [0.05, 0.1) is 0 Å². The van der Waals surface area contributed by atoms with Crippen molar-refractivity contribution in [3.63, 3.8) is 0 Å². The molecule has 1 aromatic heterocycles. The summed E-state index contributed by atoms with van der Waals surface area (Å²) in [7, 11) is 0. The Morgan fingerprint density at radius 3 is 2.90 bits per heavy atom. The molecule has 0 aromatic carbocycles. The number of piperidine rings is 2. The van der Waals surface area contributed by atoms with Gasteiger partial charge in [-0.25, -0.2) is 0 Å². The number of nitrogens with zero attached hydrogens (tertiary/aromatic N) is 2. The highest BCUT2D eigenvalue weighted by Crippen LogP contribution is 2.31. The number of nitrogens with one attached hydrogen (secondary N) is 2. The number of fused-ring (bicyclic) bond motifs is 2. The van der Waals surface area contributed by atoms with E-state index in [1.807, 2.05) is 18.5 Å². The second-order valence-corrected chi connectivity index (χ2v) is 9.23. The number of likely N-dealkylation sites (tertiary alicyclic amines) is 1. The molecule has 3 atom stereocenters. The van der Waals surface area contributed by atoms with Crippen LogP contribution in [0.2, 0.25) is 0 Å². The van der Waals surface area contributed by atoms with E-state index in [4.69, 9.17) is 0 Å². The fourth-order valence-electron chi connectivity index (χ4n) is 5.52. The molecule has 5 nitrogen and oxygen atoms in total. The molecule has 6 heteroatoms. The summed E-state index contributed by atoms with van der Waals surface area (Å²) < 4.78 is 0. The number of pyridine rings is 1. The lowest BCUT2D eigenvalue weighted by atomic mass is 9.79. The van der Waals surface area contributed by atoms with Crippen LogP contribution >= 0.6 is 12.4 Å². The van der Waals surface area contributed by atoms with Gasteiger partial charge in [0.2, 0.25) is 5.91 Å². The smallest absolute Gasteiger partial charge is 0.220 e. The van der Waals surface area contributed by atoms with E-state index in [-0.39, 0.29) is 18.3 Å². The Bertz CT molecular complexity index is 623. The molecule has 2 bridgehead atoms. The summed E-state index contributed by atoms with van der Waals surface area (Å²) in [5.74, 6) is 1.74. The van der Waals surface area contributed by atoms with Gasteiger partial charge in [-0.2, -0.15) is 0 Å². The second kappa shape index (κ2) is 11.3. The lowest BCUT2D eigenvalue weighted by Gasteiger charge is -2.46. The van der Waals surface area contributed by atoms with Gasteiger partial charge < -0.3 is 10.6 Å². The zero-order valence-electron chi connectivity index (χ0n) is 17.5. The zero-order chi connectivity index (χ0) is 19.2. The molecule has 1 saturated carbocycles. The van der Waals surface area contributed by atoms with Crippen LogP contribution in [0.5, 0.6) is 0 Å². The molecule has 29 heavy (non-hydrogen) atoms. The van der Waals surface area contributed by atoms with Crippen molar-refractivity contribution >= 4 is 18.3 Å². The van der Waals surface area contributed by atoms with Gasteiger partial charge in [-0.3, -0.25) is 14.7 Å². The number of halogens is 1. The Hall–Kier alpha value is -1.17. The number of amides is 1. The molecular formula is C23H37ClN4O. The SMILES string of the molecule is Cl.O=C(CCC[C@H]1NCC2CC1CN(Cc1cccnc1)C2)NC1CCCCC1. The Morgan fingerprint density at radius 1 is 1.24 bits per heavy atom. The number of hydrogen-bond donors (Lipinski definition) is 2. The first-order chi connectivity index (χ1) is 13.8. The maximum Gasteiger partial charge on any atom is 0.220 e. The predicted molar refractivity (Wildman–Crippen MR) is 119 cm³/mol. The molecule has 162 valence electrons. The lowest BCUT2D eigenvalue weighted by Crippen LogP contribution is -2.55. The van der Waals surface area contributed by atoms with Crippen molar-refractivity contribution in [3.05, 3.63) is 30.1 Å². The summed E-state index contributed by atoms with van der Waals surface area (Å²) >= 11 is 0. The summed E-state index contributed by atoms with van der Waals surface area (Å²) in [6.07, 6.45) is 14.2. The summed E-state index contributed by atoms with van der Waals surface area (Å²) in [5.41, 5.74) is 1.31. The van der Waals surface area contributed by atoms with Crippen molar-refractivity contribution in [2.75, 3.05) is 19.6 Å². The monoisotopic (exact) mass is 420 g/mol. The van der Waals surface area contributed by atoms with E-state index in [9.17, 15) is 4.79 Å². The summed E-state index contributed by atoms with van der Waals surface area (Å²) in [4.78, 5) is 19.1. The molecule has 1 amide bonds. The van der Waals surface area contributed by atoms with Crippen LogP contribution in [0, 0.1) is 11.8 Å². The molecule has 2 N–H and O–H groups in total. The zero-order valence-corrected chi connectivity index (χ0v) is 18.3. The summed E-state index contributed by atoms with van der Waals surface area (Å²) in [5, 5.41) is 7.05. The molecule has 0 radical (unpaired) electrons. The van der Waals surface area contributed by atoms with E-state index in [1.54, 1.807) is 0 Å². The Morgan fingerprint density at radius 2 is 2.10 bits per heavy atom. The van der Waals surface area contributed by atoms with E-state index >= 15 is 0 Å². The third-order valence-corrected chi connectivity index (χ3v) is 6.90. The van der Waals surface area contributed by atoms with Gasteiger partial charge in [0.25, 0.3) is 0 Å². The first-order valence-electron chi connectivity index (χ1n) is 11.4. The van der Waals surface area contributed by atoms with Crippen LogP contribution in [0.1, 0.15) is 63.4 Å². The van der Waals surface area contributed by atoms with Crippen LogP contribution in [-0.2, 0) is 11.3 Å². The molecule has 2 saturated heterocycles. The topological polar surface area (TPSA) is 57.3 Å². The van der Waals surface area contributed by atoms with Crippen LogP contribution in [0.3, 0.4) is 0 Å². The van der Waals surface area contributed by atoms with E-state index < -0.39 is 0 Å². The molecule has 2 unspecified atom stereocenters. The molecule has 3 heterocycles. The van der Waals surface area contributed by atoms with Crippen molar-refractivity contribution in [2.45, 2.75) is 76.4 Å². The van der Waals surface area contributed by atoms with Crippen molar-refractivity contribution in [2.24, 2.45) is 11.8 Å². The minimum atomic E-state index is 0. The summed E-state index contributed by atoms with van der Waals surface area (Å²) in [6, 6.07) is 5.21. The third kappa shape index (κ3) is 6.66. The van der Waals surface area contributed by atoms with E-state index in [0.717, 1.165) is 38.4 Å². The average Bonchev–Trinajstić information content (AvgIpc) is 2.71. The normalized spacial score (nSPS) is 27.8. The van der Waals surface area contributed by atoms with Crippen LogP contribution in [0.4, 0.5) is 0 Å². The highest BCUT2D eigenvalue weighted by Gasteiger charge is 2.36. The fraction of sp³-hybridized carbons (Fsp3) is 0.739. The molecule has 0 spiro atoms. The Balaban J connectivity index is 0.00000240. The van der Waals surface area contributed by atoms with E-state index in [1.165, 1.54) is 50.6 Å². The standard InChI is InChI=1S/C23H36N4O.ClH/c28-23(26-21-7-2-1-3-8-21)10-4-9-22-20-12-19(14-25-22)16-27(17-20)15-18-6-5-11-24-13-18;/h5-6,11,13,19-22,25H,1-4,7-10,12,14-17H2,(H,26,28);1H/t19?,20?,22-;/m1./s1. The van der Waals surface area contributed by atoms with E-state index in [2.05, 4.69) is 26.6 Å². The quantitative estimate of drug-likeness (QED) is 0.708. The van der Waals surface area contributed by atoms with Crippen molar-refractivity contribution < 1.29 is 4.79 Å². The third-order valence-electron chi connectivity index (χ3n) is 6.90. The van der Waals surface area contributed by atoms with Gasteiger partial charge in [-0.1, -0.05) is 25.3 Å². The molecule has 1 aromatic rings. The predicted octanol–water partition coefficient (Wildman–Crippen LogP) is 3.53. The van der Waals surface area contributed by atoms with Crippen LogP contribution in [0.15, 0.2) is 24.5 Å². The van der Waals surface area contributed by atoms with Gasteiger partial charge >= 0.3 is 0 Å². The maximum atomic E-state index is 12.3. The number of carbonyl (C=O) groups excluding carboxylic acids is 1. The molecular weight excluding hydrogens is 384 g/mol. The van der Waals surface area contributed by atoms with Gasteiger partial charge in [-0.15, -0.1) is 12.4 Å².